The van der Waals surface area contributed by atoms with Crippen molar-refractivity contribution in [1.29, 1.82) is 0 Å². The van der Waals surface area contributed by atoms with Crippen molar-refractivity contribution >= 4 is 12.0 Å². The van der Waals surface area contributed by atoms with E-state index < -0.39 is 35.5 Å². The van der Waals surface area contributed by atoms with Crippen LogP contribution < -0.4 is 5.32 Å². The van der Waals surface area contributed by atoms with Gasteiger partial charge in [0.2, 0.25) is 0 Å². The molecule has 1 aliphatic heterocycles. The first kappa shape index (κ1) is 22.3. The number of ether oxygens (including phenoxy) is 1. The Labute approximate surface area is 175 Å². The second kappa shape index (κ2) is 8.40. The number of halogens is 2. The molecule has 0 unspecified atom stereocenters. The third kappa shape index (κ3) is 4.84. The van der Waals surface area contributed by atoms with Crippen LogP contribution in [0.2, 0.25) is 0 Å². The topological polar surface area (TPSA) is 78.9 Å². The molecule has 1 aliphatic carbocycles. The summed E-state index contributed by atoms with van der Waals surface area (Å²) in [6.07, 6.45) is 1.45. The van der Waals surface area contributed by atoms with Gasteiger partial charge in [-0.1, -0.05) is 12.1 Å². The third-order valence-corrected chi connectivity index (χ3v) is 5.75. The third-order valence-electron chi connectivity index (χ3n) is 5.75. The molecule has 0 aromatic heterocycles. The number of amides is 2. The highest BCUT2D eigenvalue weighted by Gasteiger charge is 2.49. The molecule has 1 saturated heterocycles. The second-order valence-electron chi connectivity index (χ2n) is 9.13. The monoisotopic (exact) mass is 424 g/mol. The van der Waals surface area contributed by atoms with Crippen LogP contribution in [0.15, 0.2) is 18.2 Å². The molecular weight excluding hydrogens is 394 g/mol. The number of carbonyl (C=O) groups excluding carboxylic acids is 2. The number of piperidine rings is 1. The molecule has 1 fully saturated rings. The van der Waals surface area contributed by atoms with Gasteiger partial charge in [-0.3, -0.25) is 4.79 Å². The van der Waals surface area contributed by atoms with Crippen LogP contribution in [0.4, 0.5) is 13.6 Å². The summed E-state index contributed by atoms with van der Waals surface area (Å²) in [6, 6.07) is 4.44. The van der Waals surface area contributed by atoms with Crippen molar-refractivity contribution in [3.8, 4) is 5.75 Å². The van der Waals surface area contributed by atoms with Gasteiger partial charge in [-0.15, -0.1) is 0 Å². The molecule has 8 heteroatoms. The predicted molar refractivity (Wildman–Crippen MR) is 107 cm³/mol. The average molecular weight is 424 g/mol. The van der Waals surface area contributed by atoms with Crippen molar-refractivity contribution < 1.29 is 28.2 Å². The van der Waals surface area contributed by atoms with Crippen molar-refractivity contribution in [3.63, 3.8) is 0 Å². The minimum Gasteiger partial charge on any atom is -0.508 e. The zero-order valence-corrected chi connectivity index (χ0v) is 17.7. The number of phenols is 1. The Bertz CT molecular complexity index is 799. The first-order valence-electron chi connectivity index (χ1n) is 10.5. The molecule has 6 nitrogen and oxygen atoms in total. The molecule has 1 atom stereocenters. The zero-order valence-electron chi connectivity index (χ0n) is 17.7. The lowest BCUT2D eigenvalue weighted by Gasteiger charge is -2.36. The lowest BCUT2D eigenvalue weighted by molar-refractivity contribution is -0.157. The molecule has 30 heavy (non-hydrogen) atoms. The first-order chi connectivity index (χ1) is 14.0. The van der Waals surface area contributed by atoms with Gasteiger partial charge in [0.25, 0.3) is 5.91 Å². The van der Waals surface area contributed by atoms with Crippen molar-refractivity contribution in [1.82, 2.24) is 10.2 Å². The highest BCUT2D eigenvalue weighted by atomic mass is 19.3. The Kier molecular flexibility index (Phi) is 6.24. The summed E-state index contributed by atoms with van der Waals surface area (Å²) in [5.74, 6) is -5.83. The van der Waals surface area contributed by atoms with E-state index in [1.165, 1.54) is 4.90 Å². The second-order valence-corrected chi connectivity index (χ2v) is 9.13. The maximum atomic E-state index is 14.9. The minimum atomic E-state index is -3.53. The number of carbonyl (C=O) groups is 2. The van der Waals surface area contributed by atoms with Gasteiger partial charge >= 0.3 is 12.0 Å². The Morgan fingerprint density at radius 2 is 1.83 bits per heavy atom. The predicted octanol–water partition coefficient (Wildman–Crippen LogP) is 4.17. The van der Waals surface area contributed by atoms with Gasteiger partial charge in [0.1, 0.15) is 11.4 Å². The molecule has 2 aliphatic rings. The number of nitrogens with one attached hydrogen (secondary N) is 1. The van der Waals surface area contributed by atoms with Crippen molar-refractivity contribution in [2.24, 2.45) is 5.92 Å². The van der Waals surface area contributed by atoms with E-state index >= 15 is 0 Å². The van der Waals surface area contributed by atoms with Gasteiger partial charge in [-0.2, -0.15) is 8.78 Å². The molecule has 2 N–H and O–H groups in total. The molecular formula is C22H30F2N2O4. The molecule has 2 amide bonds. The number of hydrogen-bond donors (Lipinski definition) is 2. The SMILES string of the molecule is CC(C)(C)OC(=O)N1CCC(C(F)(F)C(=O)N[C@H]2CCCc3c(O)cccc32)CC1. The zero-order chi connectivity index (χ0) is 22.1. The number of nitrogens with zero attached hydrogens (tertiary/aromatic N) is 1. The van der Waals surface area contributed by atoms with E-state index in [4.69, 9.17) is 4.74 Å². The summed E-state index contributed by atoms with van der Waals surface area (Å²) in [5.41, 5.74) is 0.760. The van der Waals surface area contributed by atoms with Crippen LogP contribution in [0.25, 0.3) is 0 Å². The number of likely N-dealkylation sites (tertiary alicyclic amines) is 1. The van der Waals surface area contributed by atoms with Crippen molar-refractivity contribution in [2.75, 3.05) is 13.1 Å². The van der Waals surface area contributed by atoms with Crippen molar-refractivity contribution in [2.45, 2.75) is 70.4 Å². The van der Waals surface area contributed by atoms with E-state index in [9.17, 15) is 23.5 Å². The number of hydrogen-bond acceptors (Lipinski definition) is 4. The first-order valence-corrected chi connectivity index (χ1v) is 10.5. The van der Waals surface area contributed by atoms with Crippen LogP contribution >= 0.6 is 0 Å². The van der Waals surface area contributed by atoms with E-state index in [1.54, 1.807) is 39.0 Å². The number of phenolic OH excluding ortho intramolecular Hbond substituents is 1. The van der Waals surface area contributed by atoms with Crippen LogP contribution in [-0.4, -0.2) is 46.6 Å². The number of alkyl halides is 2. The Hall–Kier alpha value is -2.38. The van der Waals surface area contributed by atoms with Crippen molar-refractivity contribution in [3.05, 3.63) is 29.3 Å². The van der Waals surface area contributed by atoms with Gasteiger partial charge in [-0.05, 0) is 70.1 Å². The van der Waals surface area contributed by atoms with Crippen LogP contribution in [-0.2, 0) is 16.0 Å². The largest absolute Gasteiger partial charge is 0.508 e. The summed E-state index contributed by atoms with van der Waals surface area (Å²) in [7, 11) is 0. The number of fused-ring (bicyclic) bond motifs is 1. The molecule has 0 radical (unpaired) electrons. The molecule has 166 valence electrons. The van der Waals surface area contributed by atoms with Gasteiger partial charge in [0.05, 0.1) is 6.04 Å². The van der Waals surface area contributed by atoms with Gasteiger partial charge in [0.15, 0.2) is 0 Å². The highest BCUT2D eigenvalue weighted by molar-refractivity contribution is 5.84. The van der Waals surface area contributed by atoms with Crippen LogP contribution in [0, 0.1) is 5.92 Å². The van der Waals surface area contributed by atoms with E-state index in [2.05, 4.69) is 5.32 Å². The molecule has 1 aromatic carbocycles. The van der Waals surface area contributed by atoms with Crippen LogP contribution in [0.1, 0.15) is 63.6 Å². The van der Waals surface area contributed by atoms with Crippen LogP contribution in [0.5, 0.6) is 5.75 Å². The maximum absolute atomic E-state index is 14.9. The maximum Gasteiger partial charge on any atom is 0.410 e. The molecule has 1 aromatic rings. The standard InChI is InChI=1S/C22H30F2N2O4/c1-21(2,3)30-20(29)26-12-10-14(11-13-26)22(23,24)19(28)25-17-8-4-7-16-15(17)6-5-9-18(16)27/h5-6,9,14,17,27H,4,7-8,10-13H2,1-3H3,(H,25,28)/t17-/m0/s1. The quantitative estimate of drug-likeness (QED) is 0.763. The van der Waals surface area contributed by atoms with E-state index in [0.717, 1.165) is 0 Å². The molecule has 0 bridgehead atoms. The number of aromatic hydroxyl groups is 1. The number of rotatable bonds is 3. The summed E-state index contributed by atoms with van der Waals surface area (Å²) in [5, 5.41) is 12.5. The van der Waals surface area contributed by atoms with E-state index in [-0.39, 0.29) is 31.7 Å². The lowest BCUT2D eigenvalue weighted by Crippen LogP contribution is -2.51. The summed E-state index contributed by atoms with van der Waals surface area (Å²) in [4.78, 5) is 26.0. The fourth-order valence-electron chi connectivity index (χ4n) is 4.17. The normalized spacial score (nSPS) is 20.4. The molecule has 1 heterocycles. The lowest BCUT2D eigenvalue weighted by atomic mass is 9.86. The fraction of sp³-hybridized carbons (Fsp3) is 0.636. The highest BCUT2D eigenvalue weighted by Crippen LogP contribution is 2.38. The Morgan fingerprint density at radius 3 is 2.47 bits per heavy atom. The smallest absolute Gasteiger partial charge is 0.410 e. The van der Waals surface area contributed by atoms with Gasteiger partial charge < -0.3 is 20.1 Å². The van der Waals surface area contributed by atoms with Gasteiger partial charge in [-0.25, -0.2) is 4.79 Å². The van der Waals surface area contributed by atoms with E-state index in [0.29, 0.717) is 30.4 Å². The Morgan fingerprint density at radius 1 is 1.17 bits per heavy atom. The minimum absolute atomic E-state index is 0.0295. The average Bonchev–Trinajstić information content (AvgIpc) is 2.67. The molecule has 0 saturated carbocycles. The summed E-state index contributed by atoms with van der Waals surface area (Å²) >= 11 is 0. The van der Waals surface area contributed by atoms with E-state index in [1.807, 2.05) is 0 Å². The Balaban J connectivity index is 1.61. The molecule has 0 spiro atoms. The van der Waals surface area contributed by atoms with Crippen LogP contribution in [0.3, 0.4) is 0 Å². The number of benzene rings is 1. The summed E-state index contributed by atoms with van der Waals surface area (Å²) < 4.78 is 35.1. The fourth-order valence-corrected chi connectivity index (χ4v) is 4.17. The van der Waals surface area contributed by atoms with Gasteiger partial charge in [0, 0.05) is 19.0 Å². The molecule has 3 rings (SSSR count). The summed E-state index contributed by atoms with van der Waals surface area (Å²) in [6.45, 7) is 5.50.